The number of hydrogen-bond donors (Lipinski definition) is 2. The van der Waals surface area contributed by atoms with Crippen LogP contribution in [0.4, 0.5) is 18.9 Å². The molecule has 7 nitrogen and oxygen atoms in total. The molecule has 4 aromatic carbocycles. The van der Waals surface area contributed by atoms with Gasteiger partial charge in [0.25, 0.3) is 11.5 Å². The quantitative estimate of drug-likeness (QED) is 0.171. The first-order chi connectivity index (χ1) is 21.5. The van der Waals surface area contributed by atoms with Crippen LogP contribution < -0.4 is 15.6 Å². The van der Waals surface area contributed by atoms with Crippen LogP contribution in [0.5, 0.6) is 11.5 Å². The highest BCUT2D eigenvalue weighted by molar-refractivity contribution is 6.30. The summed E-state index contributed by atoms with van der Waals surface area (Å²) in [7, 11) is 0. The van der Waals surface area contributed by atoms with Crippen LogP contribution >= 0.6 is 11.6 Å². The van der Waals surface area contributed by atoms with Gasteiger partial charge in [-0.3, -0.25) is 14.2 Å². The number of pyridine rings is 1. The molecule has 45 heavy (non-hydrogen) atoms. The van der Waals surface area contributed by atoms with E-state index < -0.39 is 35.2 Å². The molecule has 1 aromatic heterocycles. The SMILES string of the molecule is O=C(Nc1cc(-c2ccc(C(F)(F)F)cc2)cn(C(Cc2ccc(Cl)cc2)C(=O)O)c1=O)c1ccc(Oc2ccccc2)cc1. The number of carboxylic acid groups (broad SMARTS) is 1. The number of amides is 1. The number of nitrogens with zero attached hydrogens (tertiary/aromatic N) is 1. The van der Waals surface area contributed by atoms with Gasteiger partial charge in [-0.05, 0) is 77.9 Å². The van der Waals surface area contributed by atoms with E-state index in [4.69, 9.17) is 16.3 Å². The molecular weight excluding hydrogens is 609 g/mol. The van der Waals surface area contributed by atoms with E-state index >= 15 is 0 Å². The van der Waals surface area contributed by atoms with Crippen LogP contribution in [0, 0.1) is 0 Å². The molecule has 0 spiro atoms. The van der Waals surface area contributed by atoms with Crippen LogP contribution in [0.15, 0.2) is 120 Å². The number of carboxylic acids is 1. The summed E-state index contributed by atoms with van der Waals surface area (Å²) in [4.78, 5) is 39.3. The maximum atomic E-state index is 13.6. The van der Waals surface area contributed by atoms with E-state index in [-0.39, 0.29) is 28.8 Å². The molecule has 228 valence electrons. The molecule has 0 saturated carbocycles. The Balaban J connectivity index is 1.50. The number of ether oxygens (including phenoxy) is 1. The van der Waals surface area contributed by atoms with Gasteiger partial charge in [0.15, 0.2) is 0 Å². The van der Waals surface area contributed by atoms with Crippen LogP contribution in [0.25, 0.3) is 11.1 Å². The number of anilines is 1. The summed E-state index contributed by atoms with van der Waals surface area (Å²) in [5.74, 6) is -0.931. The number of aliphatic carboxylic acids is 1. The molecule has 2 N–H and O–H groups in total. The second-order valence-corrected chi connectivity index (χ2v) is 10.4. The fraction of sp³-hybridized carbons (Fsp3) is 0.0882. The molecule has 1 heterocycles. The number of aromatic nitrogens is 1. The second-order valence-electron chi connectivity index (χ2n) is 10.0. The van der Waals surface area contributed by atoms with Crippen molar-refractivity contribution in [2.24, 2.45) is 0 Å². The highest BCUT2D eigenvalue weighted by atomic mass is 35.5. The van der Waals surface area contributed by atoms with Gasteiger partial charge in [0.2, 0.25) is 0 Å². The summed E-state index contributed by atoms with van der Waals surface area (Å²) in [6.07, 6.45) is -3.42. The van der Waals surface area contributed by atoms with Crippen molar-refractivity contribution in [1.82, 2.24) is 4.57 Å². The van der Waals surface area contributed by atoms with Crippen molar-refractivity contribution in [2.75, 3.05) is 5.32 Å². The molecule has 0 bridgehead atoms. The third-order valence-electron chi connectivity index (χ3n) is 6.90. The standard InChI is InChI=1S/C34H24ClF3N2O5/c35-26-14-6-21(7-15-26)18-30(33(43)44)40-20-24(22-8-12-25(13-9-22)34(36,37)38)19-29(32(40)42)39-31(41)23-10-16-28(17-11-23)45-27-4-2-1-3-5-27/h1-17,19-20,30H,18H2,(H,39,41)(H,43,44). The molecule has 0 fully saturated rings. The largest absolute Gasteiger partial charge is 0.480 e. The zero-order valence-electron chi connectivity index (χ0n) is 23.3. The average Bonchev–Trinajstić information content (AvgIpc) is 3.02. The zero-order valence-corrected chi connectivity index (χ0v) is 24.0. The van der Waals surface area contributed by atoms with Gasteiger partial charge in [-0.25, -0.2) is 4.79 Å². The first-order valence-corrected chi connectivity index (χ1v) is 13.9. The first kappa shape index (κ1) is 31.1. The van der Waals surface area contributed by atoms with Gasteiger partial charge in [0.1, 0.15) is 23.2 Å². The maximum Gasteiger partial charge on any atom is 0.416 e. The number of hydrogen-bond acceptors (Lipinski definition) is 4. The number of rotatable bonds is 9. The Kier molecular flexibility index (Phi) is 9.06. The minimum atomic E-state index is -4.56. The molecule has 5 rings (SSSR count). The molecule has 1 atom stereocenters. The third kappa shape index (κ3) is 7.60. The smallest absolute Gasteiger partial charge is 0.416 e. The monoisotopic (exact) mass is 632 g/mol. The van der Waals surface area contributed by atoms with Gasteiger partial charge in [-0.15, -0.1) is 0 Å². The van der Waals surface area contributed by atoms with Gasteiger partial charge in [0.05, 0.1) is 5.56 Å². The van der Waals surface area contributed by atoms with Gasteiger partial charge in [-0.2, -0.15) is 13.2 Å². The Morgan fingerprint density at radius 3 is 2.07 bits per heavy atom. The van der Waals surface area contributed by atoms with E-state index in [9.17, 15) is 32.7 Å². The van der Waals surface area contributed by atoms with E-state index in [1.54, 1.807) is 48.5 Å². The third-order valence-corrected chi connectivity index (χ3v) is 7.15. The fourth-order valence-electron chi connectivity index (χ4n) is 4.57. The molecule has 0 aliphatic rings. The van der Waals surface area contributed by atoms with E-state index in [0.29, 0.717) is 22.1 Å². The second kappa shape index (κ2) is 13.1. The van der Waals surface area contributed by atoms with Crippen molar-refractivity contribution in [2.45, 2.75) is 18.6 Å². The molecule has 1 amide bonds. The Labute approximate surface area is 260 Å². The molecule has 0 aliphatic carbocycles. The highest BCUT2D eigenvalue weighted by Gasteiger charge is 2.30. The van der Waals surface area contributed by atoms with Crippen molar-refractivity contribution in [3.8, 4) is 22.6 Å². The number of halogens is 4. The van der Waals surface area contributed by atoms with Crippen molar-refractivity contribution in [3.05, 3.63) is 147 Å². The zero-order chi connectivity index (χ0) is 32.1. The first-order valence-electron chi connectivity index (χ1n) is 13.5. The lowest BCUT2D eigenvalue weighted by molar-refractivity contribution is -0.141. The fourth-order valence-corrected chi connectivity index (χ4v) is 4.70. The van der Waals surface area contributed by atoms with E-state index in [0.717, 1.165) is 16.7 Å². The number of carbonyl (C=O) groups is 2. The Hall–Kier alpha value is -5.35. The normalized spacial score (nSPS) is 11.9. The lowest BCUT2D eigenvalue weighted by atomic mass is 10.0. The van der Waals surface area contributed by atoms with Crippen molar-refractivity contribution in [1.29, 1.82) is 0 Å². The summed E-state index contributed by atoms with van der Waals surface area (Å²) in [5.41, 5.74) is -0.718. The van der Waals surface area contributed by atoms with Crippen LogP contribution in [-0.2, 0) is 17.4 Å². The van der Waals surface area contributed by atoms with Crippen molar-refractivity contribution < 1.29 is 32.6 Å². The summed E-state index contributed by atoms with van der Waals surface area (Å²) < 4.78 is 46.3. The van der Waals surface area contributed by atoms with Crippen LogP contribution in [0.3, 0.4) is 0 Å². The number of alkyl halides is 3. The van der Waals surface area contributed by atoms with Gasteiger partial charge < -0.3 is 15.2 Å². The maximum absolute atomic E-state index is 13.6. The predicted octanol–water partition coefficient (Wildman–Crippen LogP) is 8.10. The minimum Gasteiger partial charge on any atom is -0.480 e. The van der Waals surface area contributed by atoms with Gasteiger partial charge in [-0.1, -0.05) is 54.1 Å². The Bertz CT molecular complexity index is 1870. The molecule has 0 saturated heterocycles. The molecule has 5 aromatic rings. The molecule has 0 aliphatic heterocycles. The van der Waals surface area contributed by atoms with Crippen molar-refractivity contribution in [3.63, 3.8) is 0 Å². The Morgan fingerprint density at radius 1 is 0.844 bits per heavy atom. The van der Waals surface area contributed by atoms with Crippen LogP contribution in [0.2, 0.25) is 5.02 Å². The van der Waals surface area contributed by atoms with Crippen LogP contribution in [-0.4, -0.2) is 21.6 Å². The number of carbonyl (C=O) groups excluding carboxylic acids is 1. The highest BCUT2D eigenvalue weighted by Crippen LogP contribution is 2.32. The summed E-state index contributed by atoms with van der Waals surface area (Å²) in [5, 5.41) is 13.1. The van der Waals surface area contributed by atoms with Crippen molar-refractivity contribution >= 4 is 29.2 Å². The molecule has 1 unspecified atom stereocenters. The average molecular weight is 633 g/mol. The minimum absolute atomic E-state index is 0.112. The molecular formula is C34H24ClF3N2O5. The van der Waals surface area contributed by atoms with Crippen LogP contribution in [0.1, 0.15) is 27.5 Å². The topological polar surface area (TPSA) is 97.6 Å². The molecule has 11 heteroatoms. The van der Waals surface area contributed by atoms with E-state index in [1.807, 2.05) is 18.2 Å². The summed E-state index contributed by atoms with van der Waals surface area (Å²) >= 11 is 5.96. The molecule has 0 radical (unpaired) electrons. The number of para-hydroxylation sites is 1. The number of benzene rings is 4. The summed E-state index contributed by atoms with van der Waals surface area (Å²) in [6, 6.07) is 25.6. The lowest BCUT2D eigenvalue weighted by Gasteiger charge is -2.19. The van der Waals surface area contributed by atoms with Gasteiger partial charge >= 0.3 is 12.1 Å². The predicted molar refractivity (Wildman–Crippen MR) is 164 cm³/mol. The van der Waals surface area contributed by atoms with Gasteiger partial charge in [0, 0.05) is 28.8 Å². The van der Waals surface area contributed by atoms with E-state index in [2.05, 4.69) is 5.32 Å². The lowest BCUT2D eigenvalue weighted by Crippen LogP contribution is -2.33. The van der Waals surface area contributed by atoms with E-state index in [1.165, 1.54) is 36.5 Å². The number of nitrogens with one attached hydrogen (secondary N) is 1. The Morgan fingerprint density at radius 2 is 1.47 bits per heavy atom. The summed E-state index contributed by atoms with van der Waals surface area (Å²) in [6.45, 7) is 0.